The number of hydrogen-bond acceptors (Lipinski definition) is 2. The molecule has 0 aliphatic rings. The van der Waals surface area contributed by atoms with Gasteiger partial charge in [0.05, 0.1) is 11.6 Å². The predicted molar refractivity (Wildman–Crippen MR) is 85.4 cm³/mol. The van der Waals surface area contributed by atoms with Crippen molar-refractivity contribution in [3.63, 3.8) is 0 Å². The molecular weight excluding hydrogens is 263 g/mol. The molecule has 0 heterocycles. The van der Waals surface area contributed by atoms with Crippen molar-refractivity contribution >= 4 is 0 Å². The lowest BCUT2D eigenvalue weighted by Gasteiger charge is -2.06. The highest BCUT2D eigenvalue weighted by Crippen LogP contribution is 2.10. The molecule has 0 saturated carbocycles. The van der Waals surface area contributed by atoms with Gasteiger partial charge < -0.3 is 5.32 Å². The van der Waals surface area contributed by atoms with E-state index in [2.05, 4.69) is 12.2 Å². The molecule has 0 fully saturated rings. The van der Waals surface area contributed by atoms with Crippen LogP contribution < -0.4 is 5.32 Å². The van der Waals surface area contributed by atoms with Crippen molar-refractivity contribution < 1.29 is 4.39 Å². The molecule has 0 bridgehead atoms. The molecule has 1 aromatic carbocycles. The van der Waals surface area contributed by atoms with E-state index in [1.807, 2.05) is 6.07 Å². The minimum atomic E-state index is -0.294. The van der Waals surface area contributed by atoms with Gasteiger partial charge in [0.1, 0.15) is 5.82 Å². The van der Waals surface area contributed by atoms with E-state index in [1.54, 1.807) is 12.1 Å². The summed E-state index contributed by atoms with van der Waals surface area (Å²) in [6.07, 6.45) is 10.4. The van der Waals surface area contributed by atoms with Gasteiger partial charge in [-0.1, -0.05) is 57.9 Å². The van der Waals surface area contributed by atoms with Gasteiger partial charge >= 0.3 is 0 Å². The maximum atomic E-state index is 13.6. The van der Waals surface area contributed by atoms with Gasteiger partial charge in [-0.15, -0.1) is 0 Å². The third-order valence-electron chi connectivity index (χ3n) is 3.70. The molecule has 3 heteroatoms. The molecule has 21 heavy (non-hydrogen) atoms. The normalized spacial score (nSPS) is 10.5. The Labute approximate surface area is 128 Å². The molecule has 1 aromatic rings. The highest BCUT2D eigenvalue weighted by molar-refractivity contribution is 5.32. The molecule has 0 radical (unpaired) electrons. The zero-order chi connectivity index (χ0) is 15.3. The molecule has 116 valence electrons. The van der Waals surface area contributed by atoms with Gasteiger partial charge in [0.25, 0.3) is 0 Å². The number of benzene rings is 1. The lowest BCUT2D eigenvalue weighted by atomic mass is 10.1. The van der Waals surface area contributed by atoms with E-state index >= 15 is 0 Å². The van der Waals surface area contributed by atoms with Crippen LogP contribution in [-0.4, -0.2) is 6.54 Å². The zero-order valence-corrected chi connectivity index (χ0v) is 13.1. The first-order chi connectivity index (χ1) is 10.3. The van der Waals surface area contributed by atoms with Crippen LogP contribution in [0.1, 0.15) is 69.4 Å². The van der Waals surface area contributed by atoms with E-state index in [1.165, 1.54) is 51.0 Å². The van der Waals surface area contributed by atoms with Crippen LogP contribution >= 0.6 is 0 Å². The van der Waals surface area contributed by atoms with Crippen LogP contribution in [0.3, 0.4) is 0 Å². The molecule has 0 spiro atoms. The summed E-state index contributed by atoms with van der Waals surface area (Å²) in [5.41, 5.74) is 1.01. The van der Waals surface area contributed by atoms with E-state index in [9.17, 15) is 4.39 Å². The van der Waals surface area contributed by atoms with E-state index in [4.69, 9.17) is 5.26 Å². The van der Waals surface area contributed by atoms with Crippen LogP contribution in [0.2, 0.25) is 0 Å². The lowest BCUT2D eigenvalue weighted by Crippen LogP contribution is -2.15. The Morgan fingerprint density at radius 2 is 1.71 bits per heavy atom. The van der Waals surface area contributed by atoms with Crippen LogP contribution in [0, 0.1) is 17.1 Å². The maximum absolute atomic E-state index is 13.6. The van der Waals surface area contributed by atoms with Gasteiger partial charge in [0.15, 0.2) is 0 Å². The minimum absolute atomic E-state index is 0.294. The quantitative estimate of drug-likeness (QED) is 0.587. The average molecular weight is 290 g/mol. The first kappa shape index (κ1) is 17.7. The van der Waals surface area contributed by atoms with E-state index in [-0.39, 0.29) is 5.82 Å². The summed E-state index contributed by atoms with van der Waals surface area (Å²) in [5, 5.41) is 12.0. The van der Waals surface area contributed by atoms with Crippen molar-refractivity contribution in [2.24, 2.45) is 0 Å². The van der Waals surface area contributed by atoms with Gasteiger partial charge in [-0.05, 0) is 25.1 Å². The summed E-state index contributed by atoms with van der Waals surface area (Å²) in [5.74, 6) is -0.294. The molecule has 0 atom stereocenters. The van der Waals surface area contributed by atoms with Crippen molar-refractivity contribution in [3.05, 3.63) is 35.1 Å². The summed E-state index contributed by atoms with van der Waals surface area (Å²) in [6, 6.07) is 6.59. The third-order valence-corrected chi connectivity index (χ3v) is 3.70. The van der Waals surface area contributed by atoms with Crippen LogP contribution in [0.15, 0.2) is 18.2 Å². The molecule has 0 aliphatic carbocycles. The molecule has 0 aromatic heterocycles. The van der Waals surface area contributed by atoms with Crippen LogP contribution in [0.25, 0.3) is 0 Å². The smallest absolute Gasteiger partial charge is 0.129 e. The minimum Gasteiger partial charge on any atom is -0.313 e. The summed E-state index contributed by atoms with van der Waals surface area (Å²) in [7, 11) is 0. The maximum Gasteiger partial charge on any atom is 0.129 e. The Morgan fingerprint density at radius 3 is 2.33 bits per heavy atom. The molecular formula is C18H27FN2. The monoisotopic (exact) mass is 290 g/mol. The first-order valence-electron chi connectivity index (χ1n) is 8.17. The van der Waals surface area contributed by atoms with Gasteiger partial charge in [-0.2, -0.15) is 5.26 Å². The Hall–Kier alpha value is -1.40. The van der Waals surface area contributed by atoms with Gasteiger partial charge in [0, 0.05) is 12.1 Å². The van der Waals surface area contributed by atoms with Gasteiger partial charge in [0.2, 0.25) is 0 Å². The Balaban J connectivity index is 2.03. The Kier molecular flexibility index (Phi) is 9.48. The Morgan fingerprint density at radius 1 is 1.05 bits per heavy atom. The predicted octanol–water partition coefficient (Wildman–Crippen LogP) is 4.93. The third kappa shape index (κ3) is 7.82. The number of halogens is 1. The fraction of sp³-hybridized carbons (Fsp3) is 0.611. The summed E-state index contributed by atoms with van der Waals surface area (Å²) in [4.78, 5) is 0. The molecule has 0 aliphatic heterocycles. The number of rotatable bonds is 11. The van der Waals surface area contributed by atoms with Gasteiger partial charge in [-0.3, -0.25) is 0 Å². The second kappa shape index (κ2) is 11.3. The summed E-state index contributed by atoms with van der Waals surface area (Å²) >= 11 is 0. The molecule has 0 unspecified atom stereocenters. The van der Waals surface area contributed by atoms with Gasteiger partial charge in [-0.25, -0.2) is 4.39 Å². The number of hydrogen-bond donors (Lipinski definition) is 1. The number of nitrogens with zero attached hydrogens (tertiary/aromatic N) is 1. The van der Waals surface area contributed by atoms with Crippen LogP contribution in [-0.2, 0) is 6.54 Å². The number of nitriles is 1. The second-order valence-electron chi connectivity index (χ2n) is 5.57. The fourth-order valence-corrected chi connectivity index (χ4v) is 2.37. The van der Waals surface area contributed by atoms with Crippen molar-refractivity contribution in [1.82, 2.24) is 5.32 Å². The number of unbranched alkanes of at least 4 members (excludes halogenated alkanes) is 7. The largest absolute Gasteiger partial charge is 0.313 e. The summed E-state index contributed by atoms with van der Waals surface area (Å²) < 4.78 is 13.6. The fourth-order valence-electron chi connectivity index (χ4n) is 2.37. The van der Waals surface area contributed by atoms with Crippen molar-refractivity contribution in [2.45, 2.75) is 64.8 Å². The summed E-state index contributed by atoms with van der Waals surface area (Å²) in [6.45, 7) is 3.70. The molecule has 0 amide bonds. The average Bonchev–Trinajstić information content (AvgIpc) is 2.50. The highest BCUT2D eigenvalue weighted by Gasteiger charge is 2.02. The molecule has 1 rings (SSSR count). The topological polar surface area (TPSA) is 35.8 Å². The van der Waals surface area contributed by atoms with E-state index < -0.39 is 0 Å². The molecule has 1 N–H and O–H groups in total. The van der Waals surface area contributed by atoms with E-state index in [0.29, 0.717) is 17.7 Å². The van der Waals surface area contributed by atoms with Crippen LogP contribution in [0.4, 0.5) is 4.39 Å². The van der Waals surface area contributed by atoms with Crippen LogP contribution in [0.5, 0.6) is 0 Å². The second-order valence-corrected chi connectivity index (χ2v) is 5.57. The standard InChI is InChI=1S/C18H27FN2/c1-2-3-4-5-6-7-8-9-12-21-15-17-11-10-16(14-20)13-18(17)19/h10-11,13,21H,2-9,12,15H2,1H3. The Bertz CT molecular complexity index is 437. The highest BCUT2D eigenvalue weighted by atomic mass is 19.1. The molecule has 2 nitrogen and oxygen atoms in total. The van der Waals surface area contributed by atoms with Crippen molar-refractivity contribution in [1.29, 1.82) is 5.26 Å². The number of nitrogens with one attached hydrogen (secondary N) is 1. The SMILES string of the molecule is CCCCCCCCCCNCc1ccc(C#N)cc1F. The first-order valence-corrected chi connectivity index (χ1v) is 8.17. The van der Waals surface area contributed by atoms with Crippen molar-refractivity contribution in [2.75, 3.05) is 6.54 Å². The molecule has 0 saturated heterocycles. The zero-order valence-electron chi connectivity index (χ0n) is 13.1. The van der Waals surface area contributed by atoms with Crippen molar-refractivity contribution in [3.8, 4) is 6.07 Å². The lowest BCUT2D eigenvalue weighted by molar-refractivity contribution is 0.546. The van der Waals surface area contributed by atoms with E-state index in [0.717, 1.165) is 13.0 Å².